The van der Waals surface area contributed by atoms with E-state index in [1.165, 1.54) is 0 Å². The minimum Gasteiger partial charge on any atom is -0.391 e. The molecule has 7 heteroatoms. The first-order valence-corrected chi connectivity index (χ1v) is 8.42. The molecule has 3 atom stereocenters. The van der Waals surface area contributed by atoms with E-state index in [0.29, 0.717) is 25.2 Å². The third-order valence-electron chi connectivity index (χ3n) is 4.39. The summed E-state index contributed by atoms with van der Waals surface area (Å²) in [4.78, 5) is 24.8. The summed E-state index contributed by atoms with van der Waals surface area (Å²) >= 11 is 0. The second-order valence-electron chi connectivity index (χ2n) is 6.79. The fourth-order valence-corrected chi connectivity index (χ4v) is 2.73. The number of hydrogen-bond donors (Lipinski definition) is 4. The van der Waals surface area contributed by atoms with Crippen LogP contribution >= 0.6 is 12.4 Å². The Bertz CT molecular complexity index is 577. The van der Waals surface area contributed by atoms with E-state index in [1.807, 2.05) is 32.9 Å². The largest absolute Gasteiger partial charge is 0.391 e. The van der Waals surface area contributed by atoms with Crippen molar-refractivity contribution in [2.75, 3.05) is 19.6 Å². The Morgan fingerprint density at radius 1 is 1.24 bits per heavy atom. The van der Waals surface area contributed by atoms with Gasteiger partial charge in [-0.15, -0.1) is 12.4 Å². The average molecular weight is 370 g/mol. The second-order valence-corrected chi connectivity index (χ2v) is 6.79. The van der Waals surface area contributed by atoms with Gasteiger partial charge >= 0.3 is 0 Å². The summed E-state index contributed by atoms with van der Waals surface area (Å²) in [5.41, 5.74) is 1.61. The molecule has 1 aromatic carbocycles. The molecule has 1 aliphatic rings. The van der Waals surface area contributed by atoms with Crippen molar-refractivity contribution in [2.45, 2.75) is 32.9 Å². The molecule has 0 spiro atoms. The molecule has 4 N–H and O–H groups in total. The number of halogens is 1. The maximum Gasteiger partial charge on any atom is 0.251 e. The monoisotopic (exact) mass is 369 g/mol. The zero-order chi connectivity index (χ0) is 17.7. The number of aryl methyl sites for hydroxylation is 1. The summed E-state index contributed by atoms with van der Waals surface area (Å²) in [6.45, 7) is 7.38. The van der Waals surface area contributed by atoms with Crippen LogP contribution in [0.2, 0.25) is 0 Å². The van der Waals surface area contributed by atoms with Crippen molar-refractivity contribution in [3.8, 4) is 0 Å². The molecule has 2 rings (SSSR count). The van der Waals surface area contributed by atoms with E-state index in [9.17, 15) is 14.7 Å². The zero-order valence-corrected chi connectivity index (χ0v) is 15.7. The third-order valence-corrected chi connectivity index (χ3v) is 4.39. The Kier molecular flexibility index (Phi) is 8.35. The van der Waals surface area contributed by atoms with Gasteiger partial charge in [0.25, 0.3) is 5.91 Å². The molecule has 0 saturated carbocycles. The van der Waals surface area contributed by atoms with Gasteiger partial charge in [-0.3, -0.25) is 9.59 Å². The first kappa shape index (κ1) is 21.4. The standard InChI is InChI=1S/C18H27N3O3.ClH/c1-11(2)16(18(24)20-9-14-8-19-10-15(14)22)21-17(23)13-6-4-12(3)5-7-13;/h4-7,11,14-16,19,22H,8-10H2,1-3H3,(H,20,24)(H,21,23);1H. The van der Waals surface area contributed by atoms with Gasteiger partial charge in [0, 0.05) is 31.1 Å². The summed E-state index contributed by atoms with van der Waals surface area (Å²) < 4.78 is 0. The van der Waals surface area contributed by atoms with Gasteiger partial charge in [0.15, 0.2) is 0 Å². The summed E-state index contributed by atoms with van der Waals surface area (Å²) in [5.74, 6) is -0.503. The van der Waals surface area contributed by atoms with Crippen molar-refractivity contribution in [3.05, 3.63) is 35.4 Å². The van der Waals surface area contributed by atoms with Gasteiger partial charge in [0.1, 0.15) is 6.04 Å². The molecule has 2 amide bonds. The Labute approximate surface area is 155 Å². The molecule has 1 heterocycles. The Hall–Kier alpha value is -1.63. The maximum absolute atomic E-state index is 12.4. The van der Waals surface area contributed by atoms with Crippen LogP contribution in [0.3, 0.4) is 0 Å². The number of benzene rings is 1. The predicted molar refractivity (Wildman–Crippen MR) is 99.9 cm³/mol. The normalized spacial score (nSPS) is 20.7. The van der Waals surface area contributed by atoms with Crippen LogP contribution in [0.25, 0.3) is 0 Å². The molecule has 1 fully saturated rings. The van der Waals surface area contributed by atoms with E-state index in [1.54, 1.807) is 12.1 Å². The predicted octanol–water partition coefficient (Wildman–Crippen LogP) is 0.868. The Balaban J connectivity index is 0.00000312. The lowest BCUT2D eigenvalue weighted by atomic mass is 10.0. The molecule has 1 saturated heterocycles. The highest BCUT2D eigenvalue weighted by molar-refractivity contribution is 5.97. The fourth-order valence-electron chi connectivity index (χ4n) is 2.73. The van der Waals surface area contributed by atoms with Crippen LogP contribution in [-0.4, -0.2) is 48.7 Å². The SMILES string of the molecule is Cc1ccc(C(=O)NC(C(=O)NCC2CNCC2O)C(C)C)cc1.Cl. The highest BCUT2D eigenvalue weighted by Gasteiger charge is 2.28. The van der Waals surface area contributed by atoms with Gasteiger partial charge in [-0.25, -0.2) is 0 Å². The van der Waals surface area contributed by atoms with E-state index in [4.69, 9.17) is 0 Å². The first-order chi connectivity index (χ1) is 11.4. The number of hydrogen-bond acceptors (Lipinski definition) is 4. The summed E-state index contributed by atoms with van der Waals surface area (Å²) in [5, 5.41) is 18.5. The highest BCUT2D eigenvalue weighted by Crippen LogP contribution is 2.09. The van der Waals surface area contributed by atoms with Gasteiger partial charge < -0.3 is 21.1 Å². The molecule has 0 bridgehead atoms. The molecule has 25 heavy (non-hydrogen) atoms. The van der Waals surface area contributed by atoms with Crippen molar-refractivity contribution in [1.29, 1.82) is 0 Å². The van der Waals surface area contributed by atoms with Gasteiger partial charge in [-0.05, 0) is 25.0 Å². The lowest BCUT2D eigenvalue weighted by Gasteiger charge is -2.23. The van der Waals surface area contributed by atoms with Gasteiger partial charge in [-0.2, -0.15) is 0 Å². The van der Waals surface area contributed by atoms with E-state index < -0.39 is 12.1 Å². The number of carbonyl (C=O) groups is 2. The number of aliphatic hydroxyl groups is 1. The molecule has 0 aromatic heterocycles. The Morgan fingerprint density at radius 2 is 1.88 bits per heavy atom. The molecule has 3 unspecified atom stereocenters. The molecule has 1 aliphatic heterocycles. The maximum atomic E-state index is 12.4. The zero-order valence-electron chi connectivity index (χ0n) is 14.9. The van der Waals surface area contributed by atoms with Crippen LogP contribution in [-0.2, 0) is 4.79 Å². The summed E-state index contributed by atoms with van der Waals surface area (Å²) in [6, 6.07) is 6.63. The topological polar surface area (TPSA) is 90.5 Å². The van der Waals surface area contributed by atoms with Crippen LogP contribution in [0, 0.1) is 18.8 Å². The van der Waals surface area contributed by atoms with Crippen LogP contribution in [0.15, 0.2) is 24.3 Å². The van der Waals surface area contributed by atoms with E-state index >= 15 is 0 Å². The van der Waals surface area contributed by atoms with Crippen molar-refractivity contribution < 1.29 is 14.7 Å². The Morgan fingerprint density at radius 3 is 2.40 bits per heavy atom. The van der Waals surface area contributed by atoms with E-state index in [-0.39, 0.29) is 36.1 Å². The molecule has 0 aliphatic carbocycles. The van der Waals surface area contributed by atoms with Crippen molar-refractivity contribution in [3.63, 3.8) is 0 Å². The van der Waals surface area contributed by atoms with E-state index in [2.05, 4.69) is 16.0 Å². The van der Waals surface area contributed by atoms with Crippen LogP contribution in [0.5, 0.6) is 0 Å². The molecule has 0 radical (unpaired) electrons. The quantitative estimate of drug-likeness (QED) is 0.599. The smallest absolute Gasteiger partial charge is 0.251 e. The highest BCUT2D eigenvalue weighted by atomic mass is 35.5. The van der Waals surface area contributed by atoms with E-state index in [0.717, 1.165) is 5.56 Å². The second kappa shape index (κ2) is 9.75. The number of amides is 2. The van der Waals surface area contributed by atoms with Crippen LogP contribution < -0.4 is 16.0 Å². The molecular weight excluding hydrogens is 342 g/mol. The minimum absolute atomic E-state index is 0. The molecule has 6 nitrogen and oxygen atoms in total. The van der Waals surface area contributed by atoms with Crippen molar-refractivity contribution in [2.24, 2.45) is 11.8 Å². The van der Waals surface area contributed by atoms with Gasteiger partial charge in [0.2, 0.25) is 5.91 Å². The lowest BCUT2D eigenvalue weighted by molar-refractivity contribution is -0.124. The molecule has 1 aromatic rings. The van der Waals surface area contributed by atoms with Gasteiger partial charge in [-0.1, -0.05) is 31.5 Å². The number of β-amino-alcohol motifs (C(OH)–C–C–N with tert-alkyl or cyclic N) is 1. The van der Waals surface area contributed by atoms with Crippen LogP contribution in [0.4, 0.5) is 0 Å². The summed E-state index contributed by atoms with van der Waals surface area (Å²) in [6.07, 6.45) is -0.440. The minimum atomic E-state index is -0.606. The molecule has 140 valence electrons. The lowest BCUT2D eigenvalue weighted by Crippen LogP contribution is -2.51. The molecular formula is C18H28ClN3O3. The van der Waals surface area contributed by atoms with Gasteiger partial charge in [0.05, 0.1) is 6.10 Å². The fraction of sp³-hybridized carbons (Fsp3) is 0.556. The van der Waals surface area contributed by atoms with Crippen molar-refractivity contribution >= 4 is 24.2 Å². The number of nitrogens with one attached hydrogen (secondary N) is 3. The van der Waals surface area contributed by atoms with Crippen molar-refractivity contribution in [1.82, 2.24) is 16.0 Å². The first-order valence-electron chi connectivity index (χ1n) is 8.42. The summed E-state index contributed by atoms with van der Waals surface area (Å²) in [7, 11) is 0. The number of rotatable bonds is 6. The third kappa shape index (κ3) is 5.99. The van der Waals surface area contributed by atoms with Crippen LogP contribution in [0.1, 0.15) is 29.8 Å². The average Bonchev–Trinajstić information content (AvgIpc) is 2.95. The number of carbonyl (C=O) groups excluding carboxylic acids is 2. The number of aliphatic hydroxyl groups excluding tert-OH is 1.